The first kappa shape index (κ1) is 16.5. The smallest absolute Gasteiger partial charge is 0.166 e. The summed E-state index contributed by atoms with van der Waals surface area (Å²) in [4.78, 5) is 41.6. The minimum absolute atomic E-state index is 0.0345. The number of para-hydroxylation sites is 2. The highest BCUT2D eigenvalue weighted by molar-refractivity contribution is 6.17. The fourth-order valence-corrected chi connectivity index (χ4v) is 5.21. The average molecular weight is 382 g/mol. The molecule has 2 aliphatic rings. The monoisotopic (exact) mass is 382 g/mol. The number of benzene rings is 2. The third-order valence-electron chi connectivity index (χ3n) is 6.48. The number of hydrogen-bond donors (Lipinski definition) is 1. The van der Waals surface area contributed by atoms with Crippen molar-refractivity contribution in [3.8, 4) is 0 Å². The van der Waals surface area contributed by atoms with Gasteiger partial charge >= 0.3 is 0 Å². The van der Waals surface area contributed by atoms with Crippen LogP contribution in [0.25, 0.3) is 21.8 Å². The normalized spacial score (nSPS) is 21.6. The Balaban J connectivity index is 1.59. The Kier molecular flexibility index (Phi) is 3.28. The van der Waals surface area contributed by atoms with Crippen molar-refractivity contribution in [3.05, 3.63) is 71.5 Å². The van der Waals surface area contributed by atoms with Gasteiger partial charge in [-0.1, -0.05) is 30.3 Å². The number of carbonyl (C=O) groups excluding carboxylic acids is 3. The van der Waals surface area contributed by atoms with Crippen molar-refractivity contribution in [2.45, 2.75) is 31.2 Å². The van der Waals surface area contributed by atoms with E-state index >= 15 is 0 Å². The highest BCUT2D eigenvalue weighted by Gasteiger charge is 2.45. The van der Waals surface area contributed by atoms with E-state index in [9.17, 15) is 14.4 Å². The van der Waals surface area contributed by atoms with Gasteiger partial charge in [0.05, 0.1) is 23.8 Å². The second-order valence-corrected chi connectivity index (χ2v) is 8.01. The van der Waals surface area contributed by atoms with Crippen LogP contribution in [0.4, 0.5) is 0 Å². The lowest BCUT2D eigenvalue weighted by molar-refractivity contribution is -0.122. The molecule has 5 heteroatoms. The van der Waals surface area contributed by atoms with Crippen LogP contribution in [0.1, 0.15) is 46.2 Å². The highest BCUT2D eigenvalue weighted by Crippen LogP contribution is 2.46. The van der Waals surface area contributed by atoms with Crippen LogP contribution < -0.4 is 0 Å². The molecule has 6 rings (SSSR count). The van der Waals surface area contributed by atoms with Gasteiger partial charge in [-0.3, -0.25) is 14.4 Å². The Hall–Kier alpha value is -3.47. The van der Waals surface area contributed by atoms with Gasteiger partial charge in [0.1, 0.15) is 11.6 Å². The summed E-state index contributed by atoms with van der Waals surface area (Å²) >= 11 is 0. The van der Waals surface area contributed by atoms with E-state index in [1.165, 1.54) is 0 Å². The molecule has 1 N–H and O–H groups in total. The lowest BCUT2D eigenvalue weighted by Gasteiger charge is -2.17. The molecule has 0 bridgehead atoms. The number of nitrogens with one attached hydrogen (secondary N) is 1. The minimum atomic E-state index is -0.520. The van der Waals surface area contributed by atoms with E-state index in [-0.39, 0.29) is 23.8 Å². The summed E-state index contributed by atoms with van der Waals surface area (Å²) < 4.78 is 2.07. The van der Waals surface area contributed by atoms with Crippen molar-refractivity contribution in [3.63, 3.8) is 0 Å². The molecular formula is C24H18N2O3. The zero-order valence-corrected chi connectivity index (χ0v) is 15.6. The van der Waals surface area contributed by atoms with Gasteiger partial charge in [-0.05, 0) is 23.3 Å². The molecule has 1 aliphatic carbocycles. The number of nitrogens with zero attached hydrogens (tertiary/aromatic N) is 1. The second kappa shape index (κ2) is 5.77. The summed E-state index contributed by atoms with van der Waals surface area (Å²) in [5.41, 5.74) is 4.30. The molecule has 2 aromatic heterocycles. The van der Waals surface area contributed by atoms with Crippen molar-refractivity contribution in [1.29, 1.82) is 0 Å². The Morgan fingerprint density at radius 3 is 2.48 bits per heavy atom. The zero-order chi connectivity index (χ0) is 19.7. The van der Waals surface area contributed by atoms with Crippen LogP contribution in [0.2, 0.25) is 0 Å². The van der Waals surface area contributed by atoms with Crippen LogP contribution in [0, 0.1) is 0 Å². The van der Waals surface area contributed by atoms with Gasteiger partial charge in [-0.2, -0.15) is 0 Å². The Morgan fingerprint density at radius 2 is 1.62 bits per heavy atom. The highest BCUT2D eigenvalue weighted by atomic mass is 16.2. The summed E-state index contributed by atoms with van der Waals surface area (Å²) in [5, 5.41) is 1.89. The van der Waals surface area contributed by atoms with Crippen LogP contribution in [0.15, 0.2) is 54.9 Å². The van der Waals surface area contributed by atoms with Crippen molar-refractivity contribution < 1.29 is 14.4 Å². The molecule has 2 aromatic carbocycles. The lowest BCUT2D eigenvalue weighted by Crippen LogP contribution is -2.14. The standard InChI is InChI=1S/C24H18N2O3/c27-19-8-9-26-12-17(14-5-3-6-15(19)24(14)26)23-21(29)10-20(28)22(23)16-11-25-18-7-2-1-4-13(16)18/h1-7,11-12,22-23,25H,8-10H2/t22-,23-/m1/s1. The number of H-pyrrole nitrogens is 1. The van der Waals surface area contributed by atoms with Gasteiger partial charge in [0.2, 0.25) is 0 Å². The van der Waals surface area contributed by atoms with E-state index in [0.717, 1.165) is 32.9 Å². The number of carbonyl (C=O) groups is 3. The van der Waals surface area contributed by atoms with Gasteiger partial charge in [-0.25, -0.2) is 0 Å². The van der Waals surface area contributed by atoms with Gasteiger partial charge in [-0.15, -0.1) is 0 Å². The van der Waals surface area contributed by atoms with Crippen LogP contribution in [0.3, 0.4) is 0 Å². The van der Waals surface area contributed by atoms with Crippen LogP contribution in [-0.2, 0) is 16.1 Å². The van der Waals surface area contributed by atoms with Crippen LogP contribution in [-0.4, -0.2) is 26.9 Å². The zero-order valence-electron chi connectivity index (χ0n) is 15.6. The first-order valence-electron chi connectivity index (χ1n) is 9.90. The maximum Gasteiger partial charge on any atom is 0.166 e. The molecule has 0 amide bonds. The van der Waals surface area contributed by atoms with E-state index in [1.54, 1.807) is 0 Å². The third kappa shape index (κ3) is 2.18. The molecule has 3 heterocycles. The quantitative estimate of drug-likeness (QED) is 0.530. The van der Waals surface area contributed by atoms with Gasteiger partial charge in [0.15, 0.2) is 5.78 Å². The Morgan fingerprint density at radius 1 is 0.862 bits per heavy atom. The molecule has 0 spiro atoms. The molecule has 0 saturated heterocycles. The molecule has 2 atom stereocenters. The lowest BCUT2D eigenvalue weighted by atomic mass is 9.83. The minimum Gasteiger partial charge on any atom is -0.361 e. The molecule has 0 radical (unpaired) electrons. The number of aromatic amines is 1. The molecule has 29 heavy (non-hydrogen) atoms. The molecule has 1 fully saturated rings. The SMILES string of the molecule is O=C1CCn2cc([C@@H]3C(=O)CC(=O)[C@H]3c3c[nH]c4ccccc34)c3cccc1c32. The first-order chi connectivity index (χ1) is 14.1. The van der Waals surface area contributed by atoms with E-state index in [4.69, 9.17) is 0 Å². The predicted octanol–water partition coefficient (Wildman–Crippen LogP) is 4.12. The number of ketones is 3. The Bertz CT molecular complexity index is 1360. The van der Waals surface area contributed by atoms with E-state index in [2.05, 4.69) is 9.55 Å². The summed E-state index contributed by atoms with van der Waals surface area (Å²) in [6.07, 6.45) is 4.28. The fourth-order valence-electron chi connectivity index (χ4n) is 5.21. The van der Waals surface area contributed by atoms with Crippen molar-refractivity contribution in [1.82, 2.24) is 9.55 Å². The predicted molar refractivity (Wildman–Crippen MR) is 109 cm³/mol. The van der Waals surface area contributed by atoms with Crippen molar-refractivity contribution >= 4 is 39.2 Å². The third-order valence-corrected chi connectivity index (χ3v) is 6.48. The van der Waals surface area contributed by atoms with Crippen molar-refractivity contribution in [2.24, 2.45) is 0 Å². The number of hydrogen-bond acceptors (Lipinski definition) is 3. The van der Waals surface area contributed by atoms with E-state index in [0.29, 0.717) is 18.5 Å². The topological polar surface area (TPSA) is 71.9 Å². The largest absolute Gasteiger partial charge is 0.361 e. The fraction of sp³-hybridized carbons (Fsp3) is 0.208. The molecule has 0 unspecified atom stereocenters. The number of Topliss-reactive ketones (excluding diaryl/α,β-unsaturated/α-hetero) is 3. The van der Waals surface area contributed by atoms with Gasteiger partial charge in [0.25, 0.3) is 0 Å². The summed E-state index contributed by atoms with van der Waals surface area (Å²) in [7, 11) is 0. The maximum atomic E-state index is 13.0. The number of rotatable bonds is 2. The van der Waals surface area contributed by atoms with Crippen molar-refractivity contribution in [2.75, 3.05) is 0 Å². The van der Waals surface area contributed by atoms with E-state index < -0.39 is 11.8 Å². The molecule has 1 aliphatic heterocycles. The summed E-state index contributed by atoms with van der Waals surface area (Å²) in [5.74, 6) is -0.963. The number of aromatic nitrogens is 2. The maximum absolute atomic E-state index is 13.0. The first-order valence-corrected chi connectivity index (χ1v) is 9.90. The average Bonchev–Trinajstić information content (AvgIpc) is 3.38. The molecule has 4 aromatic rings. The van der Waals surface area contributed by atoms with Gasteiger partial charge in [0, 0.05) is 47.2 Å². The molecular weight excluding hydrogens is 364 g/mol. The van der Waals surface area contributed by atoms with Gasteiger partial charge < -0.3 is 9.55 Å². The number of aryl methyl sites for hydroxylation is 1. The van der Waals surface area contributed by atoms with Crippen LogP contribution in [0.5, 0.6) is 0 Å². The van der Waals surface area contributed by atoms with Crippen LogP contribution >= 0.6 is 0 Å². The summed E-state index contributed by atoms with van der Waals surface area (Å²) in [6.45, 7) is 0.610. The Labute approximate surface area is 166 Å². The summed E-state index contributed by atoms with van der Waals surface area (Å²) in [6, 6.07) is 13.5. The molecule has 142 valence electrons. The number of fused-ring (bicyclic) bond motifs is 1. The molecule has 5 nitrogen and oxygen atoms in total. The molecule has 1 saturated carbocycles. The van der Waals surface area contributed by atoms with E-state index in [1.807, 2.05) is 54.9 Å². The second-order valence-electron chi connectivity index (χ2n) is 8.01.